The Kier molecular flexibility index (Phi) is 10.4. The van der Waals surface area contributed by atoms with Gasteiger partial charge in [0.15, 0.2) is 5.78 Å². The quantitative estimate of drug-likeness (QED) is 0.185. The number of nitrogens with zero attached hydrogens (tertiary/aromatic N) is 1. The van der Waals surface area contributed by atoms with Crippen LogP contribution in [0.1, 0.15) is 27.7 Å². The number of para-hydroxylation sites is 1. The Balaban J connectivity index is 0.000000292. The number of aliphatic hydroxyl groups is 1. The van der Waals surface area contributed by atoms with Crippen LogP contribution in [-0.2, 0) is 24.9 Å². The molecule has 0 amide bonds. The fraction of sp³-hybridized carbons (Fsp3) is 0.273. The number of aliphatic hydroxyl groups excluding tert-OH is 1. The molecular formula is C22H24IrNO3Se-. The fourth-order valence-electron chi connectivity index (χ4n) is 1.94. The number of benzene rings is 1. The van der Waals surface area contributed by atoms with Gasteiger partial charge in [0.2, 0.25) is 0 Å². The predicted molar refractivity (Wildman–Crippen MR) is 109 cm³/mol. The van der Waals surface area contributed by atoms with Gasteiger partial charge in [0.05, 0.1) is 5.76 Å². The molecule has 0 saturated heterocycles. The summed E-state index contributed by atoms with van der Waals surface area (Å²) in [5.41, 5.74) is 0. The molecule has 0 aliphatic heterocycles. The van der Waals surface area contributed by atoms with E-state index in [2.05, 4.69) is 22.1 Å². The van der Waals surface area contributed by atoms with Crippen LogP contribution in [0.3, 0.4) is 0 Å². The van der Waals surface area contributed by atoms with E-state index < -0.39 is 0 Å². The number of aromatic nitrogens is 1. The maximum atomic E-state index is 11.0. The van der Waals surface area contributed by atoms with E-state index in [0.29, 0.717) is 26.1 Å². The molecule has 2 aromatic heterocycles. The van der Waals surface area contributed by atoms with E-state index in [1.165, 1.54) is 15.7 Å². The number of pyridine rings is 1. The summed E-state index contributed by atoms with van der Waals surface area (Å²) >= 11 is 0.444. The third kappa shape index (κ3) is 7.73. The molecule has 1 aromatic carbocycles. The van der Waals surface area contributed by atoms with Gasteiger partial charge in [-0.3, -0.25) is 4.79 Å². The van der Waals surface area contributed by atoms with Crippen molar-refractivity contribution in [3.8, 4) is 11.6 Å². The Hall–Kier alpha value is -1.71. The zero-order chi connectivity index (χ0) is 19.8. The van der Waals surface area contributed by atoms with Gasteiger partial charge in [0.1, 0.15) is 0 Å². The molecule has 151 valence electrons. The first-order valence-corrected chi connectivity index (χ1v) is 10.6. The molecule has 0 aliphatic rings. The van der Waals surface area contributed by atoms with Crippen molar-refractivity contribution in [2.24, 2.45) is 11.8 Å². The van der Waals surface area contributed by atoms with Gasteiger partial charge >= 0.3 is 99.1 Å². The first-order valence-electron chi connectivity index (χ1n) is 8.79. The van der Waals surface area contributed by atoms with Crippen molar-refractivity contribution in [3.05, 3.63) is 65.4 Å². The van der Waals surface area contributed by atoms with Gasteiger partial charge in [-0.15, -0.1) is 0 Å². The third-order valence-corrected chi connectivity index (χ3v) is 5.48. The van der Waals surface area contributed by atoms with Gasteiger partial charge in [-0.25, -0.2) is 0 Å². The third-order valence-electron chi connectivity index (χ3n) is 3.66. The summed E-state index contributed by atoms with van der Waals surface area (Å²) in [7, 11) is 0. The molecule has 0 unspecified atom stereocenters. The van der Waals surface area contributed by atoms with Gasteiger partial charge < -0.3 is 5.11 Å². The van der Waals surface area contributed by atoms with Crippen molar-refractivity contribution in [1.82, 2.24) is 4.98 Å². The van der Waals surface area contributed by atoms with Crippen LogP contribution in [0.5, 0.6) is 11.6 Å². The number of carbonyl (C=O) groups is 1. The Morgan fingerprint density at radius 2 is 1.96 bits per heavy atom. The van der Waals surface area contributed by atoms with Crippen LogP contribution in [0.25, 0.3) is 9.65 Å². The molecule has 0 saturated carbocycles. The van der Waals surface area contributed by atoms with Crippen LogP contribution < -0.4 is 4.74 Å². The number of ketones is 1. The van der Waals surface area contributed by atoms with E-state index in [1.807, 2.05) is 64.2 Å². The van der Waals surface area contributed by atoms with Crippen LogP contribution in [0, 0.1) is 17.9 Å². The van der Waals surface area contributed by atoms with Gasteiger partial charge in [0, 0.05) is 38.0 Å². The number of hydrogen-bond acceptors (Lipinski definition) is 4. The molecule has 3 aromatic rings. The first-order chi connectivity index (χ1) is 12.9. The predicted octanol–water partition coefficient (Wildman–Crippen LogP) is 5.19. The molecule has 6 heteroatoms. The molecule has 1 radical (unpaired) electrons. The van der Waals surface area contributed by atoms with Gasteiger partial charge in [-0.2, -0.15) is 0 Å². The maximum absolute atomic E-state index is 11.0. The molecule has 3 rings (SSSR count). The summed E-state index contributed by atoms with van der Waals surface area (Å²) in [6.45, 7) is 7.32. The Bertz CT molecular complexity index is 904. The summed E-state index contributed by atoms with van der Waals surface area (Å²) < 4.78 is 6.93. The minimum absolute atomic E-state index is 0. The second-order valence-corrected chi connectivity index (χ2v) is 8.58. The molecule has 2 heterocycles. The first kappa shape index (κ1) is 24.3. The monoisotopic (exact) mass is 623 g/mol. The average Bonchev–Trinajstić information content (AvgIpc) is 3.10. The van der Waals surface area contributed by atoms with Crippen LogP contribution in [0.15, 0.2) is 59.4 Å². The van der Waals surface area contributed by atoms with Crippen molar-refractivity contribution in [2.75, 3.05) is 0 Å². The molecule has 0 spiro atoms. The Labute approximate surface area is 185 Å². The number of ether oxygens (including phenoxy) is 1. The Morgan fingerprint density at radius 3 is 2.57 bits per heavy atom. The number of carbonyl (C=O) groups excluding carboxylic acids is 1. The second kappa shape index (κ2) is 12.0. The van der Waals surface area contributed by atoms with E-state index >= 15 is 0 Å². The normalized spacial score (nSPS) is 11.0. The summed E-state index contributed by atoms with van der Waals surface area (Å²) in [4.78, 5) is 17.5. The van der Waals surface area contributed by atoms with E-state index in [-0.39, 0.29) is 43.5 Å². The SMILES string of the molecule is CC(C)C(=O)/C=C(\O)C(C)C.[Ir].[c-]1ccccc1Oc1cc2cc[se]c2cn1. The molecule has 0 bridgehead atoms. The zero-order valence-electron chi connectivity index (χ0n) is 16.3. The van der Waals surface area contributed by atoms with Crippen LogP contribution in [0.2, 0.25) is 0 Å². The van der Waals surface area contributed by atoms with Crippen molar-refractivity contribution in [2.45, 2.75) is 27.7 Å². The van der Waals surface area contributed by atoms with E-state index in [1.54, 1.807) is 0 Å². The van der Waals surface area contributed by atoms with Crippen molar-refractivity contribution in [3.63, 3.8) is 0 Å². The van der Waals surface area contributed by atoms with E-state index in [9.17, 15) is 9.90 Å². The van der Waals surface area contributed by atoms with Crippen molar-refractivity contribution >= 4 is 29.9 Å². The molecule has 0 atom stereocenters. The van der Waals surface area contributed by atoms with Gasteiger partial charge in [-0.1, -0.05) is 27.7 Å². The topological polar surface area (TPSA) is 59.4 Å². The van der Waals surface area contributed by atoms with Crippen molar-refractivity contribution < 1.29 is 34.7 Å². The number of rotatable bonds is 5. The number of fused-ring (bicyclic) bond motifs is 1. The Morgan fingerprint density at radius 1 is 1.21 bits per heavy atom. The molecule has 0 fully saturated rings. The molecule has 4 nitrogen and oxygen atoms in total. The fourth-order valence-corrected chi connectivity index (χ4v) is 3.48. The van der Waals surface area contributed by atoms with Crippen LogP contribution in [0.4, 0.5) is 0 Å². The zero-order valence-corrected chi connectivity index (χ0v) is 20.4. The second-order valence-electron chi connectivity index (χ2n) is 6.59. The van der Waals surface area contributed by atoms with Gasteiger partial charge in [0.25, 0.3) is 0 Å². The summed E-state index contributed by atoms with van der Waals surface area (Å²) in [6, 6.07) is 14.6. The molecule has 1 N–H and O–H groups in total. The van der Waals surface area contributed by atoms with Gasteiger partial charge in [-0.05, 0) is 0 Å². The van der Waals surface area contributed by atoms with Crippen molar-refractivity contribution in [1.29, 1.82) is 0 Å². The van der Waals surface area contributed by atoms with Crippen LogP contribution >= 0.6 is 0 Å². The molecule has 28 heavy (non-hydrogen) atoms. The summed E-state index contributed by atoms with van der Waals surface area (Å²) in [6.07, 6.45) is 3.21. The van der Waals surface area contributed by atoms with E-state index in [4.69, 9.17) is 4.74 Å². The number of allylic oxidation sites excluding steroid dienone is 2. The van der Waals surface area contributed by atoms with E-state index in [0.717, 1.165) is 0 Å². The molecular weight excluding hydrogens is 597 g/mol. The summed E-state index contributed by atoms with van der Waals surface area (Å²) in [5, 5.41) is 10.4. The average molecular weight is 622 g/mol. The standard InChI is InChI=1S/C13H8NOSe.C9H16O2.Ir/c1-2-4-11(5-3-1)15-13-8-10-6-7-16-12(10)9-14-13;1-6(2)8(10)5-9(11)7(3)4;/h1-4,6-9H;5-7,10H,1-4H3;/q-1;;/b;8-5-;. The van der Waals surface area contributed by atoms with Crippen LogP contribution in [-0.4, -0.2) is 30.4 Å². The summed E-state index contributed by atoms with van der Waals surface area (Å²) in [5.74, 6) is 1.49. The minimum atomic E-state index is -0.0316. The number of hydrogen-bond donors (Lipinski definition) is 1. The molecule has 0 aliphatic carbocycles.